The smallest absolute Gasteiger partial charge is 0.507 e. The molecule has 1 aromatic carbocycles. The molecule has 0 saturated carbocycles. The highest BCUT2D eigenvalue weighted by Gasteiger charge is 2.33. The Labute approximate surface area is 93.4 Å². The second-order valence-corrected chi connectivity index (χ2v) is 3.02. The average molecular weight is 255 g/mol. The van der Waals surface area contributed by atoms with E-state index in [1.807, 2.05) is 0 Å². The third-order valence-corrected chi connectivity index (χ3v) is 1.87. The van der Waals surface area contributed by atoms with Gasteiger partial charge >= 0.3 is 6.36 Å². The van der Waals surface area contributed by atoms with Gasteiger partial charge in [-0.2, -0.15) is 0 Å². The second-order valence-electron chi connectivity index (χ2n) is 2.75. The molecular formula is C9H6ClF3O3. The normalized spacial score (nSPS) is 11.2. The predicted molar refractivity (Wildman–Crippen MR) is 49.8 cm³/mol. The summed E-state index contributed by atoms with van der Waals surface area (Å²) in [6.45, 7) is 0. The number of ketones is 1. The third-order valence-electron chi connectivity index (χ3n) is 1.63. The number of alkyl halides is 4. The number of hydrogen-bond acceptors (Lipinski definition) is 3. The Bertz CT molecular complexity index is 403. The number of phenolic OH excluding ortho intramolecular Hbond substituents is 1. The van der Waals surface area contributed by atoms with E-state index < -0.39 is 35.1 Å². The van der Waals surface area contributed by atoms with Crippen molar-refractivity contribution < 1.29 is 27.8 Å². The number of carbonyl (C=O) groups excluding carboxylic acids is 1. The first-order valence-corrected chi connectivity index (χ1v) is 4.55. The van der Waals surface area contributed by atoms with Crippen LogP contribution in [-0.2, 0) is 0 Å². The van der Waals surface area contributed by atoms with Crippen LogP contribution >= 0.6 is 11.6 Å². The minimum atomic E-state index is -4.94. The maximum absolute atomic E-state index is 12.0. The summed E-state index contributed by atoms with van der Waals surface area (Å²) >= 11 is 5.20. The van der Waals surface area contributed by atoms with Crippen LogP contribution in [0.5, 0.6) is 11.5 Å². The van der Waals surface area contributed by atoms with E-state index in [1.165, 1.54) is 0 Å². The molecule has 88 valence electrons. The number of phenols is 1. The molecule has 1 N–H and O–H groups in total. The number of carbonyl (C=O) groups is 1. The SMILES string of the molecule is O=C(CCl)c1c(O)cccc1OC(F)(F)F. The Morgan fingerprint density at radius 3 is 2.56 bits per heavy atom. The molecule has 0 radical (unpaired) electrons. The molecule has 0 unspecified atom stereocenters. The highest BCUT2D eigenvalue weighted by molar-refractivity contribution is 6.31. The van der Waals surface area contributed by atoms with Crippen LogP contribution in [0.25, 0.3) is 0 Å². The van der Waals surface area contributed by atoms with E-state index in [0.717, 1.165) is 18.2 Å². The Morgan fingerprint density at radius 1 is 1.44 bits per heavy atom. The highest BCUT2D eigenvalue weighted by Crippen LogP contribution is 2.32. The fourth-order valence-electron chi connectivity index (χ4n) is 1.08. The van der Waals surface area contributed by atoms with Crippen LogP contribution in [0.3, 0.4) is 0 Å². The predicted octanol–water partition coefficient (Wildman–Crippen LogP) is 2.71. The number of hydrogen-bond donors (Lipinski definition) is 1. The van der Waals surface area contributed by atoms with Gasteiger partial charge in [-0.15, -0.1) is 24.8 Å². The topological polar surface area (TPSA) is 46.5 Å². The zero-order valence-electron chi connectivity index (χ0n) is 7.71. The van der Waals surface area contributed by atoms with Crippen LogP contribution in [0.1, 0.15) is 10.4 Å². The molecule has 0 fully saturated rings. The molecule has 1 aromatic rings. The highest BCUT2D eigenvalue weighted by atomic mass is 35.5. The van der Waals surface area contributed by atoms with Gasteiger partial charge < -0.3 is 9.84 Å². The van der Waals surface area contributed by atoms with Crippen molar-refractivity contribution in [2.24, 2.45) is 0 Å². The van der Waals surface area contributed by atoms with Crippen molar-refractivity contribution in [1.29, 1.82) is 0 Å². The molecule has 16 heavy (non-hydrogen) atoms. The molecular weight excluding hydrogens is 249 g/mol. The van der Waals surface area contributed by atoms with Crippen LogP contribution < -0.4 is 4.74 Å². The van der Waals surface area contributed by atoms with Gasteiger partial charge in [0.1, 0.15) is 17.1 Å². The van der Waals surface area contributed by atoms with E-state index >= 15 is 0 Å². The van der Waals surface area contributed by atoms with Gasteiger partial charge in [-0.25, -0.2) is 0 Å². The molecule has 0 heterocycles. The lowest BCUT2D eigenvalue weighted by Crippen LogP contribution is -2.19. The number of benzene rings is 1. The molecule has 0 aliphatic carbocycles. The maximum atomic E-state index is 12.0. The summed E-state index contributed by atoms with van der Waals surface area (Å²) < 4.78 is 39.5. The van der Waals surface area contributed by atoms with Crippen LogP contribution in [0.4, 0.5) is 13.2 Å². The third kappa shape index (κ3) is 3.03. The van der Waals surface area contributed by atoms with Crippen LogP contribution in [0, 0.1) is 0 Å². The zero-order valence-corrected chi connectivity index (χ0v) is 8.47. The largest absolute Gasteiger partial charge is 0.573 e. The lowest BCUT2D eigenvalue weighted by Gasteiger charge is -2.12. The van der Waals surface area contributed by atoms with Crippen molar-refractivity contribution in [1.82, 2.24) is 0 Å². The molecule has 0 amide bonds. The lowest BCUT2D eigenvalue weighted by molar-refractivity contribution is -0.274. The fourth-order valence-corrected chi connectivity index (χ4v) is 1.21. The first-order chi connectivity index (χ1) is 7.35. The van der Waals surface area contributed by atoms with E-state index in [1.54, 1.807) is 0 Å². The molecule has 7 heteroatoms. The van der Waals surface area contributed by atoms with Crippen molar-refractivity contribution in [3.8, 4) is 11.5 Å². The van der Waals surface area contributed by atoms with Crippen LogP contribution in [-0.4, -0.2) is 23.1 Å². The van der Waals surface area contributed by atoms with Crippen molar-refractivity contribution >= 4 is 17.4 Å². The van der Waals surface area contributed by atoms with Crippen molar-refractivity contribution in [2.75, 3.05) is 5.88 Å². The Hall–Kier alpha value is -1.43. The van der Waals surface area contributed by atoms with Crippen LogP contribution in [0.2, 0.25) is 0 Å². The number of ether oxygens (including phenoxy) is 1. The molecule has 0 aromatic heterocycles. The summed E-state index contributed by atoms with van der Waals surface area (Å²) in [5.41, 5.74) is -0.574. The molecule has 0 saturated heterocycles. The molecule has 0 aliphatic rings. The quantitative estimate of drug-likeness (QED) is 0.666. The van der Waals surface area contributed by atoms with Crippen LogP contribution in [0.15, 0.2) is 18.2 Å². The number of aromatic hydroxyl groups is 1. The van der Waals surface area contributed by atoms with E-state index in [0.29, 0.717) is 0 Å². The van der Waals surface area contributed by atoms with Crippen molar-refractivity contribution in [3.05, 3.63) is 23.8 Å². The molecule has 3 nitrogen and oxygen atoms in total. The van der Waals surface area contributed by atoms with Gasteiger partial charge in [-0.05, 0) is 12.1 Å². The summed E-state index contributed by atoms with van der Waals surface area (Å²) in [5, 5.41) is 9.26. The van der Waals surface area contributed by atoms with E-state index in [9.17, 15) is 23.1 Å². The van der Waals surface area contributed by atoms with Gasteiger partial charge in [0.05, 0.1) is 5.88 Å². The van der Waals surface area contributed by atoms with E-state index in [2.05, 4.69) is 4.74 Å². The molecule has 1 rings (SSSR count). The van der Waals surface area contributed by atoms with Gasteiger partial charge in [-0.1, -0.05) is 6.07 Å². The van der Waals surface area contributed by atoms with E-state index in [-0.39, 0.29) is 0 Å². The second kappa shape index (κ2) is 4.61. The summed E-state index contributed by atoms with van der Waals surface area (Å²) in [5.74, 6) is -2.77. The fraction of sp³-hybridized carbons (Fsp3) is 0.222. The van der Waals surface area contributed by atoms with Crippen molar-refractivity contribution in [2.45, 2.75) is 6.36 Å². The zero-order chi connectivity index (χ0) is 12.3. The first-order valence-electron chi connectivity index (χ1n) is 4.02. The number of rotatable bonds is 3. The maximum Gasteiger partial charge on any atom is 0.573 e. The summed E-state index contributed by atoms with van der Waals surface area (Å²) in [4.78, 5) is 11.2. The van der Waals surface area contributed by atoms with Gasteiger partial charge in [0.25, 0.3) is 0 Å². The molecule has 0 atom stereocenters. The number of halogens is 4. The number of Topliss-reactive ketones (excluding diaryl/α,β-unsaturated/α-hetero) is 1. The monoisotopic (exact) mass is 254 g/mol. The summed E-state index contributed by atoms with van der Waals surface area (Å²) in [7, 11) is 0. The molecule has 0 bridgehead atoms. The Morgan fingerprint density at radius 2 is 2.06 bits per heavy atom. The minimum Gasteiger partial charge on any atom is -0.507 e. The van der Waals surface area contributed by atoms with Crippen molar-refractivity contribution in [3.63, 3.8) is 0 Å². The molecule has 0 aliphatic heterocycles. The Kier molecular flexibility index (Phi) is 3.64. The minimum absolute atomic E-state index is 0.550. The molecule has 0 spiro atoms. The average Bonchev–Trinajstić information content (AvgIpc) is 2.14. The Balaban J connectivity index is 3.18. The summed E-state index contributed by atoms with van der Waals surface area (Å²) in [6.07, 6.45) is -4.94. The van der Waals surface area contributed by atoms with Gasteiger partial charge in [0.2, 0.25) is 0 Å². The van der Waals surface area contributed by atoms with Gasteiger partial charge in [-0.3, -0.25) is 4.79 Å². The van der Waals surface area contributed by atoms with E-state index in [4.69, 9.17) is 11.6 Å². The standard InChI is InChI=1S/C9H6ClF3O3/c10-4-6(15)8-5(14)2-1-3-7(8)16-9(11,12)13/h1-3,14H,4H2. The summed E-state index contributed by atoms with van der Waals surface area (Å²) in [6, 6.07) is 3.12. The van der Waals surface area contributed by atoms with Gasteiger partial charge in [0.15, 0.2) is 5.78 Å². The lowest BCUT2D eigenvalue weighted by atomic mass is 10.1. The van der Waals surface area contributed by atoms with Gasteiger partial charge in [0, 0.05) is 0 Å². The first kappa shape index (κ1) is 12.6.